The molecule has 0 bridgehead atoms. The smallest absolute Gasteiger partial charge is 0.0184 e. The van der Waals surface area contributed by atoms with Crippen molar-refractivity contribution in [2.75, 3.05) is 5.75 Å². The average molecular weight is 232 g/mol. The molecule has 0 radical (unpaired) electrons. The molecule has 0 unspecified atom stereocenters. The van der Waals surface area contributed by atoms with Crippen LogP contribution in [0.3, 0.4) is 0 Å². The van der Waals surface area contributed by atoms with Gasteiger partial charge >= 0.3 is 0 Å². The zero-order valence-corrected chi connectivity index (χ0v) is 10.8. The second-order valence-electron chi connectivity index (χ2n) is 4.88. The molecule has 1 aliphatic rings. The van der Waals surface area contributed by atoms with E-state index in [1.165, 1.54) is 30.6 Å². The van der Waals surface area contributed by atoms with Crippen LogP contribution in [0, 0.1) is 5.41 Å². The van der Waals surface area contributed by atoms with Crippen molar-refractivity contribution in [2.24, 2.45) is 5.41 Å². The topological polar surface area (TPSA) is 0 Å². The lowest BCUT2D eigenvalue weighted by atomic mass is 9.87. The molecule has 0 aliphatic heterocycles. The van der Waals surface area contributed by atoms with Crippen LogP contribution in [0.5, 0.6) is 0 Å². The van der Waals surface area contributed by atoms with Crippen molar-refractivity contribution < 1.29 is 0 Å². The van der Waals surface area contributed by atoms with Gasteiger partial charge in [-0.05, 0) is 36.0 Å². The standard InChI is InChI=1S/C15H20S/c1-15(9-5-6-10-15)11-12-16-13-14-7-3-2-4-8-14/h2-5,7-9H,6,10-13H2,1H3/t15-/m0/s1. The van der Waals surface area contributed by atoms with Crippen molar-refractivity contribution in [3.63, 3.8) is 0 Å². The first-order valence-electron chi connectivity index (χ1n) is 6.08. The summed E-state index contributed by atoms with van der Waals surface area (Å²) in [5, 5.41) is 0. The molecule has 1 aromatic rings. The highest BCUT2D eigenvalue weighted by Crippen LogP contribution is 2.35. The van der Waals surface area contributed by atoms with Crippen molar-refractivity contribution in [1.82, 2.24) is 0 Å². The molecule has 0 nitrogen and oxygen atoms in total. The van der Waals surface area contributed by atoms with Crippen LogP contribution < -0.4 is 0 Å². The Hall–Kier alpha value is -0.690. The molecule has 16 heavy (non-hydrogen) atoms. The molecular weight excluding hydrogens is 212 g/mol. The maximum absolute atomic E-state index is 2.41. The number of benzene rings is 1. The number of allylic oxidation sites excluding steroid dienone is 2. The lowest BCUT2D eigenvalue weighted by molar-refractivity contribution is 0.407. The van der Waals surface area contributed by atoms with Crippen LogP contribution in [0.1, 0.15) is 31.7 Å². The van der Waals surface area contributed by atoms with Crippen LogP contribution in [-0.2, 0) is 5.75 Å². The molecule has 0 heterocycles. The minimum Gasteiger partial charge on any atom is -0.157 e. The van der Waals surface area contributed by atoms with E-state index in [4.69, 9.17) is 0 Å². The molecule has 1 heteroatoms. The van der Waals surface area contributed by atoms with Crippen molar-refractivity contribution >= 4 is 11.8 Å². The van der Waals surface area contributed by atoms with Gasteiger partial charge in [-0.3, -0.25) is 0 Å². The van der Waals surface area contributed by atoms with E-state index in [9.17, 15) is 0 Å². The highest BCUT2D eigenvalue weighted by atomic mass is 32.2. The molecule has 0 amide bonds. The third-order valence-electron chi connectivity index (χ3n) is 3.33. The van der Waals surface area contributed by atoms with Gasteiger partial charge in [0, 0.05) is 5.75 Å². The molecular formula is C15H20S. The molecule has 2 rings (SSSR count). The van der Waals surface area contributed by atoms with Crippen LogP contribution in [0.2, 0.25) is 0 Å². The summed E-state index contributed by atoms with van der Waals surface area (Å²) < 4.78 is 0. The Morgan fingerprint density at radius 2 is 2.06 bits per heavy atom. The lowest BCUT2D eigenvalue weighted by Crippen LogP contribution is -2.10. The van der Waals surface area contributed by atoms with Crippen LogP contribution in [0.25, 0.3) is 0 Å². The maximum atomic E-state index is 2.41. The number of hydrogen-bond acceptors (Lipinski definition) is 1. The number of rotatable bonds is 5. The van der Waals surface area contributed by atoms with E-state index in [2.05, 4.69) is 61.2 Å². The van der Waals surface area contributed by atoms with Crippen LogP contribution >= 0.6 is 11.8 Å². The fraction of sp³-hybridized carbons (Fsp3) is 0.467. The Balaban J connectivity index is 1.67. The van der Waals surface area contributed by atoms with E-state index in [0.29, 0.717) is 5.41 Å². The zero-order valence-electron chi connectivity index (χ0n) is 9.99. The average Bonchev–Trinajstić information content (AvgIpc) is 2.74. The second kappa shape index (κ2) is 5.58. The van der Waals surface area contributed by atoms with E-state index in [1.807, 2.05) is 0 Å². The van der Waals surface area contributed by atoms with E-state index >= 15 is 0 Å². The van der Waals surface area contributed by atoms with Gasteiger partial charge in [-0.25, -0.2) is 0 Å². The first-order valence-corrected chi connectivity index (χ1v) is 7.23. The molecule has 86 valence electrons. The predicted molar refractivity (Wildman–Crippen MR) is 73.7 cm³/mol. The quantitative estimate of drug-likeness (QED) is 0.525. The highest BCUT2D eigenvalue weighted by molar-refractivity contribution is 7.98. The first kappa shape index (κ1) is 11.8. The molecule has 1 aliphatic carbocycles. The lowest BCUT2D eigenvalue weighted by Gasteiger charge is -2.21. The van der Waals surface area contributed by atoms with E-state index < -0.39 is 0 Å². The number of hydrogen-bond donors (Lipinski definition) is 0. The van der Waals surface area contributed by atoms with E-state index in [1.54, 1.807) is 0 Å². The SMILES string of the molecule is C[C@]1(CCSCc2ccccc2)C=CCC1. The summed E-state index contributed by atoms with van der Waals surface area (Å²) in [5.74, 6) is 2.43. The van der Waals surface area contributed by atoms with Gasteiger partial charge in [0.25, 0.3) is 0 Å². The molecule has 0 aromatic heterocycles. The van der Waals surface area contributed by atoms with E-state index in [0.717, 1.165) is 5.75 Å². The van der Waals surface area contributed by atoms with Crippen molar-refractivity contribution in [2.45, 2.75) is 31.9 Å². The second-order valence-corrected chi connectivity index (χ2v) is 5.99. The summed E-state index contributed by atoms with van der Waals surface area (Å²) in [5.41, 5.74) is 1.93. The Bertz CT molecular complexity index is 342. The molecule has 0 N–H and O–H groups in total. The predicted octanol–water partition coefficient (Wildman–Crippen LogP) is 4.67. The summed E-state index contributed by atoms with van der Waals surface area (Å²) in [7, 11) is 0. The minimum atomic E-state index is 0.490. The third kappa shape index (κ3) is 3.41. The normalized spacial score (nSPS) is 23.8. The highest BCUT2D eigenvalue weighted by Gasteiger charge is 2.22. The van der Waals surface area contributed by atoms with Crippen LogP contribution in [-0.4, -0.2) is 5.75 Å². The third-order valence-corrected chi connectivity index (χ3v) is 4.36. The van der Waals surface area contributed by atoms with E-state index in [-0.39, 0.29) is 0 Å². The largest absolute Gasteiger partial charge is 0.157 e. The Labute approximate surface area is 103 Å². The van der Waals surface area contributed by atoms with Crippen molar-refractivity contribution in [3.8, 4) is 0 Å². The molecule has 1 aromatic carbocycles. The fourth-order valence-electron chi connectivity index (χ4n) is 2.14. The summed E-state index contributed by atoms with van der Waals surface area (Å²) in [6.07, 6.45) is 8.69. The molecule has 0 saturated carbocycles. The Morgan fingerprint density at radius 1 is 1.25 bits per heavy atom. The van der Waals surface area contributed by atoms with Gasteiger partial charge in [0.15, 0.2) is 0 Å². The van der Waals surface area contributed by atoms with Crippen LogP contribution in [0.15, 0.2) is 42.5 Å². The molecule has 1 atom stereocenters. The summed E-state index contributed by atoms with van der Waals surface area (Å²) >= 11 is 2.06. The summed E-state index contributed by atoms with van der Waals surface area (Å²) in [4.78, 5) is 0. The number of thioether (sulfide) groups is 1. The summed E-state index contributed by atoms with van der Waals surface area (Å²) in [6, 6.07) is 10.8. The Kier molecular flexibility index (Phi) is 4.11. The van der Waals surface area contributed by atoms with Crippen molar-refractivity contribution in [3.05, 3.63) is 48.0 Å². The molecule has 0 fully saturated rings. The van der Waals surface area contributed by atoms with Gasteiger partial charge in [-0.15, -0.1) is 0 Å². The fourth-order valence-corrected chi connectivity index (χ4v) is 3.33. The van der Waals surface area contributed by atoms with Gasteiger partial charge in [0.1, 0.15) is 0 Å². The molecule has 0 saturated heterocycles. The Morgan fingerprint density at radius 3 is 2.75 bits per heavy atom. The summed E-state index contributed by atoms with van der Waals surface area (Å²) in [6.45, 7) is 2.39. The van der Waals surface area contributed by atoms with Crippen molar-refractivity contribution in [1.29, 1.82) is 0 Å². The van der Waals surface area contributed by atoms with Gasteiger partial charge in [-0.1, -0.05) is 49.4 Å². The zero-order chi connectivity index (χ0) is 11.3. The molecule has 0 spiro atoms. The maximum Gasteiger partial charge on any atom is 0.0184 e. The van der Waals surface area contributed by atoms with Crippen LogP contribution in [0.4, 0.5) is 0 Å². The van der Waals surface area contributed by atoms with Gasteiger partial charge in [0.2, 0.25) is 0 Å². The van der Waals surface area contributed by atoms with Gasteiger partial charge in [-0.2, -0.15) is 11.8 Å². The van der Waals surface area contributed by atoms with Gasteiger partial charge in [0.05, 0.1) is 0 Å². The minimum absolute atomic E-state index is 0.490. The first-order chi connectivity index (χ1) is 7.79. The van der Waals surface area contributed by atoms with Gasteiger partial charge < -0.3 is 0 Å². The monoisotopic (exact) mass is 232 g/mol.